The van der Waals surface area contributed by atoms with Crippen LogP contribution in [-0.4, -0.2) is 30.7 Å². The lowest BCUT2D eigenvalue weighted by atomic mass is 10.2. The summed E-state index contributed by atoms with van der Waals surface area (Å²) in [6, 6.07) is -0.641. The number of alkyl halides is 3. The minimum atomic E-state index is -4.60. The number of hydrogen-bond donors (Lipinski definition) is 2. The number of aliphatic hydroxyl groups is 1. The first kappa shape index (κ1) is 10.7. The molecule has 3 N–H and O–H groups in total. The Kier molecular flexibility index (Phi) is 4.39. The van der Waals surface area contributed by atoms with Gasteiger partial charge in [0.1, 0.15) is 0 Å². The van der Waals surface area contributed by atoms with Crippen molar-refractivity contribution in [3.63, 3.8) is 0 Å². The third-order valence-corrected chi connectivity index (χ3v) is 0.989. The Hall–Kier alpha value is -0.330. The molecule has 0 aromatic rings. The molecule has 0 heterocycles. The molecule has 0 rings (SSSR count). The van der Waals surface area contributed by atoms with E-state index < -0.39 is 19.0 Å². The lowest BCUT2D eigenvalue weighted by Crippen LogP contribution is -2.27. The van der Waals surface area contributed by atoms with Crippen LogP contribution in [0.15, 0.2) is 0 Å². The van der Waals surface area contributed by atoms with Crippen LogP contribution in [0.2, 0.25) is 0 Å². The van der Waals surface area contributed by atoms with Gasteiger partial charge in [-0.3, -0.25) is 4.74 Å². The van der Waals surface area contributed by atoms with E-state index in [1.165, 1.54) is 0 Å². The van der Waals surface area contributed by atoms with Crippen LogP contribution in [-0.2, 0) is 4.74 Å². The van der Waals surface area contributed by atoms with Crippen molar-refractivity contribution in [2.24, 2.45) is 5.73 Å². The Bertz CT molecular complexity index is 106. The predicted molar refractivity (Wildman–Crippen MR) is 31.7 cm³/mol. The fourth-order valence-electron chi connectivity index (χ4n) is 0.417. The molecule has 0 aromatic heterocycles. The molecule has 1 atom stereocenters. The summed E-state index contributed by atoms with van der Waals surface area (Å²) in [5, 5.41) is 8.30. The molecule has 0 amide bonds. The molecule has 0 unspecified atom stereocenters. The molecule has 0 bridgehead atoms. The maximum absolute atomic E-state index is 11.3. The average Bonchev–Trinajstić information content (AvgIpc) is 1.85. The van der Waals surface area contributed by atoms with Gasteiger partial charge in [0.05, 0.1) is 13.2 Å². The van der Waals surface area contributed by atoms with Gasteiger partial charge >= 0.3 is 6.36 Å². The third-order valence-electron chi connectivity index (χ3n) is 0.989. The first-order valence-electron chi connectivity index (χ1n) is 3.03. The Morgan fingerprint density at radius 3 is 2.36 bits per heavy atom. The molecular formula is C5H10F3NO2. The first-order valence-corrected chi connectivity index (χ1v) is 3.03. The van der Waals surface area contributed by atoms with Crippen LogP contribution in [0.1, 0.15) is 6.42 Å². The molecule has 0 aliphatic rings. The number of nitrogens with two attached hydrogens (primary N) is 1. The van der Waals surface area contributed by atoms with Crippen molar-refractivity contribution in [3.05, 3.63) is 0 Å². The van der Waals surface area contributed by atoms with E-state index in [1.807, 2.05) is 0 Å². The van der Waals surface area contributed by atoms with Gasteiger partial charge in [0.25, 0.3) is 0 Å². The molecule has 3 nitrogen and oxygen atoms in total. The number of rotatable bonds is 4. The Morgan fingerprint density at radius 2 is 2.00 bits per heavy atom. The molecule has 0 radical (unpaired) electrons. The van der Waals surface area contributed by atoms with E-state index in [0.29, 0.717) is 0 Å². The van der Waals surface area contributed by atoms with Crippen LogP contribution in [0.4, 0.5) is 13.2 Å². The van der Waals surface area contributed by atoms with Gasteiger partial charge < -0.3 is 10.8 Å². The number of ether oxygens (including phenoxy) is 1. The minimum Gasteiger partial charge on any atom is -0.395 e. The third kappa shape index (κ3) is 7.57. The van der Waals surface area contributed by atoms with Crippen molar-refractivity contribution < 1.29 is 23.0 Å². The second-order valence-electron chi connectivity index (χ2n) is 2.03. The van der Waals surface area contributed by atoms with Gasteiger partial charge in [-0.1, -0.05) is 0 Å². The summed E-state index contributed by atoms with van der Waals surface area (Å²) in [6.07, 6.45) is -4.61. The highest BCUT2D eigenvalue weighted by atomic mass is 19.4. The van der Waals surface area contributed by atoms with Crippen LogP contribution in [0.25, 0.3) is 0 Å². The molecule has 6 heteroatoms. The summed E-state index contributed by atoms with van der Waals surface area (Å²) in [5.41, 5.74) is 5.10. The van der Waals surface area contributed by atoms with Gasteiger partial charge in [0.15, 0.2) is 0 Å². The van der Waals surface area contributed by atoms with Crippen LogP contribution in [0.3, 0.4) is 0 Å². The standard InChI is InChI=1S/C5H10F3NO2/c6-5(7,8)11-2-1-4(9)3-10/h4,10H,1-3,9H2/t4-/m0/s1. The van der Waals surface area contributed by atoms with Crippen molar-refractivity contribution in [1.29, 1.82) is 0 Å². The van der Waals surface area contributed by atoms with Gasteiger partial charge in [0.2, 0.25) is 0 Å². The largest absolute Gasteiger partial charge is 0.522 e. The van der Waals surface area contributed by atoms with Gasteiger partial charge in [-0.05, 0) is 6.42 Å². The van der Waals surface area contributed by atoms with E-state index in [-0.39, 0.29) is 13.0 Å². The highest BCUT2D eigenvalue weighted by Crippen LogP contribution is 2.16. The predicted octanol–water partition coefficient (Wildman–Crippen LogP) is 0.233. The Balaban J connectivity index is 3.28. The number of aliphatic hydroxyl groups excluding tert-OH is 1. The van der Waals surface area contributed by atoms with Crippen LogP contribution in [0, 0.1) is 0 Å². The SMILES string of the molecule is N[C@H](CO)CCOC(F)(F)F. The van der Waals surface area contributed by atoms with Crippen molar-refractivity contribution in [2.75, 3.05) is 13.2 Å². The normalized spacial score (nSPS) is 15.0. The van der Waals surface area contributed by atoms with Gasteiger partial charge in [-0.15, -0.1) is 13.2 Å². The minimum absolute atomic E-state index is 0.00396. The zero-order valence-corrected chi connectivity index (χ0v) is 5.77. The fourth-order valence-corrected chi connectivity index (χ4v) is 0.417. The van der Waals surface area contributed by atoms with E-state index in [1.54, 1.807) is 0 Å². The topological polar surface area (TPSA) is 55.5 Å². The number of halogens is 3. The number of hydrogen-bond acceptors (Lipinski definition) is 3. The second-order valence-corrected chi connectivity index (χ2v) is 2.03. The van der Waals surface area contributed by atoms with Gasteiger partial charge in [0, 0.05) is 6.04 Å². The molecule has 0 aliphatic heterocycles. The summed E-state index contributed by atoms with van der Waals surface area (Å²) >= 11 is 0. The first-order chi connectivity index (χ1) is 4.95. The molecule has 0 fully saturated rings. The highest BCUT2D eigenvalue weighted by molar-refractivity contribution is 4.56. The summed E-state index contributed by atoms with van der Waals surface area (Å²) in [6.45, 7) is -0.841. The molecule has 0 aliphatic carbocycles. The molecule has 0 aromatic carbocycles. The van der Waals surface area contributed by atoms with Gasteiger partial charge in [-0.2, -0.15) is 0 Å². The van der Waals surface area contributed by atoms with E-state index >= 15 is 0 Å². The maximum Gasteiger partial charge on any atom is 0.522 e. The molecular weight excluding hydrogens is 163 g/mol. The Labute approximate surface area is 61.9 Å². The quantitative estimate of drug-likeness (QED) is 0.640. The zero-order valence-electron chi connectivity index (χ0n) is 5.77. The molecule has 0 saturated heterocycles. The summed E-state index contributed by atoms with van der Waals surface area (Å²) in [4.78, 5) is 0. The summed E-state index contributed by atoms with van der Waals surface area (Å²) < 4.78 is 37.3. The summed E-state index contributed by atoms with van der Waals surface area (Å²) in [7, 11) is 0. The summed E-state index contributed by atoms with van der Waals surface area (Å²) in [5.74, 6) is 0. The highest BCUT2D eigenvalue weighted by Gasteiger charge is 2.28. The lowest BCUT2D eigenvalue weighted by Gasteiger charge is -2.09. The van der Waals surface area contributed by atoms with Crippen molar-refractivity contribution >= 4 is 0 Å². The van der Waals surface area contributed by atoms with Crippen LogP contribution >= 0.6 is 0 Å². The van der Waals surface area contributed by atoms with E-state index in [4.69, 9.17) is 10.8 Å². The van der Waals surface area contributed by atoms with Crippen molar-refractivity contribution in [3.8, 4) is 0 Å². The van der Waals surface area contributed by atoms with Crippen LogP contribution < -0.4 is 5.73 Å². The smallest absolute Gasteiger partial charge is 0.395 e. The van der Waals surface area contributed by atoms with Crippen molar-refractivity contribution in [1.82, 2.24) is 0 Å². The second kappa shape index (κ2) is 4.53. The van der Waals surface area contributed by atoms with Crippen molar-refractivity contribution in [2.45, 2.75) is 18.8 Å². The van der Waals surface area contributed by atoms with E-state index in [9.17, 15) is 13.2 Å². The zero-order chi connectivity index (χ0) is 8.91. The van der Waals surface area contributed by atoms with E-state index in [2.05, 4.69) is 4.74 Å². The fraction of sp³-hybridized carbons (Fsp3) is 1.00. The maximum atomic E-state index is 11.3. The molecule has 11 heavy (non-hydrogen) atoms. The van der Waals surface area contributed by atoms with Gasteiger partial charge in [-0.25, -0.2) is 0 Å². The van der Waals surface area contributed by atoms with Crippen LogP contribution in [0.5, 0.6) is 0 Å². The van der Waals surface area contributed by atoms with E-state index in [0.717, 1.165) is 0 Å². The molecule has 0 saturated carbocycles. The molecule has 68 valence electrons. The monoisotopic (exact) mass is 173 g/mol. The average molecular weight is 173 g/mol. The Morgan fingerprint density at radius 1 is 1.45 bits per heavy atom. The molecule has 0 spiro atoms. The lowest BCUT2D eigenvalue weighted by molar-refractivity contribution is -0.325.